The third kappa shape index (κ3) is 2.95. The van der Waals surface area contributed by atoms with E-state index in [1.165, 1.54) is 12.8 Å². The van der Waals surface area contributed by atoms with Gasteiger partial charge in [-0.2, -0.15) is 0 Å². The molecule has 0 radical (unpaired) electrons. The Labute approximate surface area is 72.7 Å². The van der Waals surface area contributed by atoms with E-state index in [4.69, 9.17) is 0 Å². The van der Waals surface area contributed by atoms with E-state index in [0.717, 1.165) is 21.3 Å². The predicted molar refractivity (Wildman–Crippen MR) is 54.1 cm³/mol. The van der Waals surface area contributed by atoms with Crippen molar-refractivity contribution in [3.05, 3.63) is 0 Å². The Balaban J connectivity index is 2.27. The molecular formula is C7H17NOP2. The summed E-state index contributed by atoms with van der Waals surface area (Å²) in [5.74, 6) is 0. The van der Waals surface area contributed by atoms with Crippen molar-refractivity contribution < 1.29 is 5.11 Å². The van der Waals surface area contributed by atoms with Crippen molar-refractivity contribution in [3.8, 4) is 0 Å². The molecule has 1 aliphatic rings. The highest BCUT2D eigenvalue weighted by atomic mass is 32.0. The fraction of sp³-hybridized carbons (Fsp3) is 1.00. The van der Waals surface area contributed by atoms with Gasteiger partial charge in [0.1, 0.15) is 0 Å². The number of hydrogen-bond acceptors (Lipinski definition) is 2. The van der Waals surface area contributed by atoms with E-state index in [-0.39, 0.29) is 6.10 Å². The van der Waals surface area contributed by atoms with Gasteiger partial charge in [0.15, 0.2) is 0 Å². The van der Waals surface area contributed by atoms with Gasteiger partial charge in [-0.3, -0.25) is 4.67 Å². The van der Waals surface area contributed by atoms with Gasteiger partial charge in [-0.15, -0.1) is 0 Å². The van der Waals surface area contributed by atoms with Gasteiger partial charge in [0.05, 0.1) is 6.10 Å². The van der Waals surface area contributed by atoms with E-state index in [2.05, 4.69) is 20.6 Å². The van der Waals surface area contributed by atoms with E-state index in [1.54, 1.807) is 0 Å². The summed E-state index contributed by atoms with van der Waals surface area (Å²) in [6, 6.07) is 0.717. The maximum absolute atomic E-state index is 9.26. The summed E-state index contributed by atoms with van der Waals surface area (Å²) in [7, 11) is 5.75. The summed E-state index contributed by atoms with van der Waals surface area (Å²) >= 11 is 0. The molecule has 1 N–H and O–H groups in total. The van der Waals surface area contributed by atoms with E-state index < -0.39 is 0 Å². The molecule has 1 rings (SSSR count). The van der Waals surface area contributed by atoms with Gasteiger partial charge in [-0.1, -0.05) is 8.93 Å². The molecule has 0 amide bonds. The highest BCUT2D eigenvalue weighted by Gasteiger charge is 2.21. The van der Waals surface area contributed by atoms with Crippen molar-refractivity contribution >= 4 is 17.3 Å². The Morgan fingerprint density at radius 2 is 1.91 bits per heavy atom. The molecule has 1 aliphatic carbocycles. The molecule has 0 bridgehead atoms. The molecule has 0 aromatic heterocycles. The molecule has 1 saturated carbocycles. The molecule has 4 heteroatoms. The van der Waals surface area contributed by atoms with Crippen molar-refractivity contribution in [1.29, 1.82) is 0 Å². The summed E-state index contributed by atoms with van der Waals surface area (Å²) in [4.78, 5) is 0. The van der Waals surface area contributed by atoms with Gasteiger partial charge in [-0.25, -0.2) is 0 Å². The van der Waals surface area contributed by atoms with Crippen LogP contribution in [-0.2, 0) is 0 Å². The first kappa shape index (κ1) is 9.86. The molecule has 0 aromatic rings. The quantitative estimate of drug-likeness (QED) is 0.673. The largest absolute Gasteiger partial charge is 0.393 e. The fourth-order valence-corrected chi connectivity index (χ4v) is 2.65. The summed E-state index contributed by atoms with van der Waals surface area (Å²) in [6.07, 6.45) is 4.29. The second kappa shape index (κ2) is 4.72. The minimum absolute atomic E-state index is 0.0208. The average molecular weight is 193 g/mol. The predicted octanol–water partition coefficient (Wildman–Crippen LogP) is 1.61. The summed E-state index contributed by atoms with van der Waals surface area (Å²) in [6.45, 7) is 0. The van der Waals surface area contributed by atoms with Crippen LogP contribution in [0.4, 0.5) is 0 Å². The monoisotopic (exact) mass is 193 g/mol. The molecule has 1 fully saturated rings. The topological polar surface area (TPSA) is 23.5 Å². The number of aliphatic hydroxyl groups excluding tert-OH is 1. The zero-order chi connectivity index (χ0) is 8.27. The zero-order valence-electron chi connectivity index (χ0n) is 6.95. The summed E-state index contributed by atoms with van der Waals surface area (Å²) in [5.41, 5.74) is 0. The van der Waals surface area contributed by atoms with Gasteiger partial charge in [0.2, 0.25) is 0 Å². The Morgan fingerprint density at radius 3 is 2.36 bits per heavy atom. The lowest BCUT2D eigenvalue weighted by molar-refractivity contribution is 0.106. The second-order valence-corrected chi connectivity index (χ2v) is 4.94. The smallest absolute Gasteiger partial charge is 0.0541 e. The van der Waals surface area contributed by atoms with Gasteiger partial charge >= 0.3 is 0 Å². The van der Waals surface area contributed by atoms with E-state index >= 15 is 0 Å². The minimum Gasteiger partial charge on any atom is -0.393 e. The molecule has 0 spiro atoms. The maximum Gasteiger partial charge on any atom is 0.0541 e. The molecule has 11 heavy (non-hydrogen) atoms. The van der Waals surface area contributed by atoms with Crippen LogP contribution < -0.4 is 0 Å². The summed E-state index contributed by atoms with van der Waals surface area (Å²) < 4.78 is 2.37. The molecular weight excluding hydrogens is 176 g/mol. The lowest BCUT2D eigenvalue weighted by Gasteiger charge is -2.31. The first-order valence-electron chi connectivity index (χ1n) is 4.11. The molecule has 2 atom stereocenters. The third-order valence-electron chi connectivity index (χ3n) is 2.42. The molecule has 0 aliphatic heterocycles. The van der Waals surface area contributed by atoms with Crippen LogP contribution in [0.3, 0.4) is 0 Å². The van der Waals surface area contributed by atoms with Crippen LogP contribution in [-0.4, -0.2) is 29.0 Å². The van der Waals surface area contributed by atoms with Crippen LogP contribution in [0.25, 0.3) is 0 Å². The minimum atomic E-state index is -0.0208. The number of hydrogen-bond donors (Lipinski definition) is 1. The Morgan fingerprint density at radius 1 is 1.36 bits per heavy atom. The molecule has 2 nitrogen and oxygen atoms in total. The van der Waals surface area contributed by atoms with Crippen LogP contribution in [0.15, 0.2) is 0 Å². The lowest BCUT2D eigenvalue weighted by Crippen LogP contribution is -2.30. The van der Waals surface area contributed by atoms with E-state index in [0.29, 0.717) is 6.04 Å². The van der Waals surface area contributed by atoms with Crippen molar-refractivity contribution in [1.82, 2.24) is 4.67 Å². The Hall–Kier alpha value is 0.780. The average Bonchev–Trinajstić information content (AvgIpc) is 2.05. The second-order valence-electron chi connectivity index (χ2n) is 3.20. The van der Waals surface area contributed by atoms with Gasteiger partial charge in [0, 0.05) is 6.04 Å². The molecule has 66 valence electrons. The molecule has 2 unspecified atom stereocenters. The standard InChI is InChI=1S/C7H17NOP2/c1-8(11-10)6-2-4-7(9)5-3-6/h6-7,9,11H,2-5,10H2,1H3/t6-,7-. The Kier molecular flexibility index (Phi) is 4.23. The van der Waals surface area contributed by atoms with Gasteiger partial charge in [-0.05, 0) is 41.2 Å². The van der Waals surface area contributed by atoms with E-state index in [9.17, 15) is 5.11 Å². The Bertz CT molecular complexity index is 115. The SMILES string of the molecule is CN(PP)[C@H]1CC[C@H](O)CC1. The first-order chi connectivity index (χ1) is 5.24. The number of rotatable bonds is 2. The lowest BCUT2D eigenvalue weighted by atomic mass is 9.93. The van der Waals surface area contributed by atoms with Gasteiger partial charge in [0.25, 0.3) is 0 Å². The van der Waals surface area contributed by atoms with Crippen LogP contribution in [0, 0.1) is 0 Å². The van der Waals surface area contributed by atoms with Crippen molar-refractivity contribution in [2.24, 2.45) is 0 Å². The van der Waals surface area contributed by atoms with Crippen LogP contribution in [0.1, 0.15) is 25.7 Å². The van der Waals surface area contributed by atoms with E-state index in [1.807, 2.05) is 0 Å². The highest BCUT2D eigenvalue weighted by molar-refractivity contribution is 8.01. The third-order valence-corrected chi connectivity index (χ3v) is 4.41. The molecule has 0 saturated heterocycles. The zero-order valence-corrected chi connectivity index (χ0v) is 9.11. The number of nitrogens with zero attached hydrogens (tertiary/aromatic N) is 1. The molecule has 0 heterocycles. The van der Waals surface area contributed by atoms with Crippen molar-refractivity contribution in [2.45, 2.75) is 37.8 Å². The van der Waals surface area contributed by atoms with Crippen LogP contribution >= 0.6 is 17.3 Å². The molecule has 0 aromatic carbocycles. The summed E-state index contributed by atoms with van der Waals surface area (Å²) in [5, 5.41) is 9.26. The van der Waals surface area contributed by atoms with Crippen LogP contribution in [0.2, 0.25) is 0 Å². The highest BCUT2D eigenvalue weighted by Crippen LogP contribution is 2.32. The van der Waals surface area contributed by atoms with Crippen LogP contribution in [0.5, 0.6) is 0 Å². The van der Waals surface area contributed by atoms with Gasteiger partial charge < -0.3 is 5.11 Å². The number of aliphatic hydroxyl groups is 1. The normalized spacial score (nSPS) is 33.8. The fourth-order valence-electron chi connectivity index (χ4n) is 1.55. The van der Waals surface area contributed by atoms with Crippen molar-refractivity contribution in [2.75, 3.05) is 7.05 Å². The maximum atomic E-state index is 9.26. The van der Waals surface area contributed by atoms with Crippen molar-refractivity contribution in [3.63, 3.8) is 0 Å². The first-order valence-corrected chi connectivity index (χ1v) is 6.87.